The number of aryl methyl sites for hydroxylation is 1. The number of esters is 1. The number of ether oxygens (including phenoxy) is 1. The third-order valence-corrected chi connectivity index (χ3v) is 6.74. The van der Waals surface area contributed by atoms with Crippen molar-refractivity contribution >= 4 is 51.1 Å². The lowest BCUT2D eigenvalue weighted by Gasteiger charge is -2.27. The van der Waals surface area contributed by atoms with Crippen LogP contribution in [0.2, 0.25) is 0 Å². The molecule has 3 aromatic heterocycles. The molecule has 0 saturated carbocycles. The van der Waals surface area contributed by atoms with Crippen molar-refractivity contribution in [2.24, 2.45) is 0 Å². The molecule has 4 heterocycles. The zero-order valence-electron chi connectivity index (χ0n) is 16.6. The summed E-state index contributed by atoms with van der Waals surface area (Å²) in [4.78, 5) is 26.9. The van der Waals surface area contributed by atoms with Gasteiger partial charge in [0.2, 0.25) is 0 Å². The largest absolute Gasteiger partial charge is 0.463 e. The lowest BCUT2D eigenvalue weighted by Crippen LogP contribution is -2.23. The molecule has 0 fully saturated rings. The van der Waals surface area contributed by atoms with Gasteiger partial charge in [-0.3, -0.25) is 4.79 Å². The minimum Gasteiger partial charge on any atom is -0.463 e. The Morgan fingerprint density at radius 1 is 1.40 bits per heavy atom. The fourth-order valence-electron chi connectivity index (χ4n) is 3.42. The lowest BCUT2D eigenvalue weighted by atomic mass is 9.86. The van der Waals surface area contributed by atoms with Crippen LogP contribution in [0.3, 0.4) is 0 Å². The zero-order chi connectivity index (χ0) is 21.4. The first kappa shape index (κ1) is 20.2. The van der Waals surface area contributed by atoms with Crippen LogP contribution in [0, 0.1) is 6.92 Å². The molecule has 156 valence electrons. The second-order valence-corrected chi connectivity index (χ2v) is 8.70. The summed E-state index contributed by atoms with van der Waals surface area (Å²) in [6, 6.07) is 5.49. The van der Waals surface area contributed by atoms with Crippen LogP contribution in [-0.2, 0) is 9.53 Å². The van der Waals surface area contributed by atoms with Gasteiger partial charge >= 0.3 is 5.97 Å². The smallest absolute Gasteiger partial charge is 0.336 e. The Labute approximate surface area is 180 Å². The quantitative estimate of drug-likeness (QED) is 0.501. The Morgan fingerprint density at radius 2 is 2.20 bits per heavy atom. The van der Waals surface area contributed by atoms with Crippen molar-refractivity contribution < 1.29 is 18.8 Å². The average Bonchev–Trinajstić information content (AvgIpc) is 3.42. The van der Waals surface area contributed by atoms with E-state index < -0.39 is 11.9 Å². The third kappa shape index (κ3) is 3.48. The van der Waals surface area contributed by atoms with E-state index >= 15 is 0 Å². The normalized spacial score (nSPS) is 15.5. The van der Waals surface area contributed by atoms with Crippen molar-refractivity contribution in [1.82, 2.24) is 5.16 Å². The van der Waals surface area contributed by atoms with Crippen molar-refractivity contribution in [2.75, 3.05) is 23.0 Å². The number of nitrogen functional groups attached to an aromatic ring is 1. The number of nitrogens with one attached hydrogen (secondary N) is 2. The average molecular weight is 445 g/mol. The Hall–Kier alpha value is -3.11. The number of hydrogen-bond acceptors (Lipinski definition) is 9. The van der Waals surface area contributed by atoms with E-state index in [1.165, 1.54) is 22.7 Å². The fourth-order valence-corrected chi connectivity index (χ4v) is 5.37. The number of nitrogens with zero attached hydrogens (tertiary/aromatic N) is 1. The number of aromatic nitrogens is 1. The molecule has 1 aliphatic rings. The van der Waals surface area contributed by atoms with Gasteiger partial charge in [0.1, 0.15) is 10.6 Å². The van der Waals surface area contributed by atoms with Crippen molar-refractivity contribution in [3.05, 3.63) is 55.9 Å². The van der Waals surface area contributed by atoms with Crippen molar-refractivity contribution in [3.8, 4) is 0 Å². The minimum absolute atomic E-state index is 0.267. The zero-order valence-corrected chi connectivity index (χ0v) is 18.2. The fraction of sp³-hybridized carbons (Fsp3) is 0.250. The van der Waals surface area contributed by atoms with Crippen LogP contribution in [0.5, 0.6) is 0 Å². The van der Waals surface area contributed by atoms with Crippen LogP contribution < -0.4 is 16.4 Å². The number of rotatable bonds is 5. The van der Waals surface area contributed by atoms with Crippen molar-refractivity contribution in [1.29, 1.82) is 0 Å². The molecule has 0 unspecified atom stereocenters. The summed E-state index contributed by atoms with van der Waals surface area (Å²) >= 11 is 2.76. The Morgan fingerprint density at radius 3 is 2.83 bits per heavy atom. The first-order chi connectivity index (χ1) is 14.4. The maximum absolute atomic E-state index is 12.9. The highest BCUT2D eigenvalue weighted by molar-refractivity contribution is 7.19. The standard InChI is InChI=1S/C20H20N4O4S2/c1-4-27-20(26)13-10(3)22-19-15(14(13)11-6-5-7-29-11)16(21)17(30-19)18(25)23-12-8-9(2)28-24-12/h5-8,14,22H,4,21H2,1-3H3,(H,23,24,25)/t14-/m0/s1. The molecular formula is C20H20N4O4S2. The molecule has 3 aromatic rings. The van der Waals surface area contributed by atoms with Crippen LogP contribution in [0.1, 0.15) is 45.6 Å². The molecule has 1 atom stereocenters. The Bertz CT molecular complexity index is 1140. The lowest BCUT2D eigenvalue weighted by molar-refractivity contribution is -0.138. The van der Waals surface area contributed by atoms with E-state index in [0.29, 0.717) is 39.0 Å². The number of amides is 1. The molecule has 4 rings (SSSR count). The summed E-state index contributed by atoms with van der Waals surface area (Å²) in [6.07, 6.45) is 0. The maximum atomic E-state index is 12.9. The summed E-state index contributed by atoms with van der Waals surface area (Å²) in [5, 5.41) is 12.4. The maximum Gasteiger partial charge on any atom is 0.336 e. The van der Waals surface area contributed by atoms with Gasteiger partial charge in [-0.2, -0.15) is 0 Å². The molecule has 30 heavy (non-hydrogen) atoms. The highest BCUT2D eigenvalue weighted by Crippen LogP contribution is 2.51. The number of thiophene rings is 2. The minimum atomic E-state index is -0.410. The van der Waals surface area contributed by atoms with E-state index in [0.717, 1.165) is 9.88 Å². The molecule has 0 bridgehead atoms. The molecular weight excluding hydrogens is 424 g/mol. The highest BCUT2D eigenvalue weighted by atomic mass is 32.1. The van der Waals surface area contributed by atoms with E-state index in [-0.39, 0.29) is 12.5 Å². The Kier molecular flexibility index (Phi) is 5.35. The predicted octanol–water partition coefficient (Wildman–Crippen LogP) is 4.34. The molecule has 8 nitrogen and oxygen atoms in total. The van der Waals surface area contributed by atoms with Crippen LogP contribution in [0.15, 0.2) is 39.4 Å². The predicted molar refractivity (Wildman–Crippen MR) is 117 cm³/mol. The summed E-state index contributed by atoms with van der Waals surface area (Å²) in [6.45, 7) is 5.59. The molecule has 0 spiro atoms. The Balaban J connectivity index is 1.77. The first-order valence-electron chi connectivity index (χ1n) is 9.25. The van der Waals surface area contributed by atoms with Crippen molar-refractivity contribution in [2.45, 2.75) is 26.7 Å². The number of carbonyl (C=O) groups is 2. The second kappa shape index (κ2) is 7.96. The van der Waals surface area contributed by atoms with Crippen molar-refractivity contribution in [3.63, 3.8) is 0 Å². The molecule has 0 aliphatic carbocycles. The van der Waals surface area contributed by atoms with Gasteiger partial charge in [-0.05, 0) is 32.2 Å². The number of anilines is 3. The van der Waals surface area contributed by atoms with Gasteiger partial charge in [0.25, 0.3) is 5.91 Å². The van der Waals surface area contributed by atoms with Gasteiger partial charge in [0, 0.05) is 22.2 Å². The summed E-state index contributed by atoms with van der Waals surface area (Å²) < 4.78 is 10.3. The second-order valence-electron chi connectivity index (χ2n) is 6.70. The summed E-state index contributed by atoms with van der Waals surface area (Å²) in [5.41, 5.74) is 8.67. The van der Waals surface area contributed by atoms with Crippen LogP contribution in [0.4, 0.5) is 16.5 Å². The van der Waals surface area contributed by atoms with Gasteiger partial charge in [-0.1, -0.05) is 11.2 Å². The summed E-state index contributed by atoms with van der Waals surface area (Å²) in [5.74, 6) is -0.300. The monoisotopic (exact) mass is 444 g/mol. The molecule has 1 aliphatic heterocycles. The number of nitrogens with two attached hydrogens (primary N) is 1. The topological polar surface area (TPSA) is 119 Å². The van der Waals surface area contributed by atoms with E-state index in [4.69, 9.17) is 15.0 Å². The molecule has 0 saturated heterocycles. The van der Waals surface area contributed by atoms with Gasteiger partial charge in [0.15, 0.2) is 5.82 Å². The molecule has 1 amide bonds. The molecule has 0 radical (unpaired) electrons. The van der Waals surface area contributed by atoms with Gasteiger partial charge in [0.05, 0.1) is 28.8 Å². The van der Waals surface area contributed by atoms with Gasteiger partial charge in [-0.15, -0.1) is 22.7 Å². The van der Waals surface area contributed by atoms with Crippen LogP contribution in [-0.4, -0.2) is 23.6 Å². The highest BCUT2D eigenvalue weighted by Gasteiger charge is 2.38. The number of hydrogen-bond donors (Lipinski definition) is 3. The van der Waals surface area contributed by atoms with E-state index in [1.54, 1.807) is 19.9 Å². The third-order valence-electron chi connectivity index (χ3n) is 4.66. The van der Waals surface area contributed by atoms with Crippen LogP contribution in [0.25, 0.3) is 0 Å². The molecule has 4 N–H and O–H groups in total. The van der Waals surface area contributed by atoms with Gasteiger partial charge < -0.3 is 25.6 Å². The number of carbonyl (C=O) groups excluding carboxylic acids is 2. The first-order valence-corrected chi connectivity index (χ1v) is 11.0. The van der Waals surface area contributed by atoms with Crippen LogP contribution >= 0.6 is 22.7 Å². The molecule has 0 aromatic carbocycles. The van der Waals surface area contributed by atoms with E-state index in [2.05, 4.69) is 15.8 Å². The van der Waals surface area contributed by atoms with E-state index in [1.807, 2.05) is 24.4 Å². The van der Waals surface area contributed by atoms with Gasteiger partial charge in [-0.25, -0.2) is 4.79 Å². The number of allylic oxidation sites excluding steroid dienone is 1. The number of fused-ring (bicyclic) bond motifs is 1. The summed E-state index contributed by atoms with van der Waals surface area (Å²) in [7, 11) is 0. The molecule has 10 heteroatoms. The van der Waals surface area contributed by atoms with E-state index in [9.17, 15) is 9.59 Å². The SMILES string of the molecule is CCOC(=O)C1=C(C)Nc2sc(C(=O)Nc3cc(C)on3)c(N)c2[C@H]1c1cccs1.